The highest BCUT2D eigenvalue weighted by Crippen LogP contribution is 2.31. The average Bonchev–Trinajstić information content (AvgIpc) is 3.26. The van der Waals surface area contributed by atoms with Gasteiger partial charge in [-0.15, -0.1) is 0 Å². The lowest BCUT2D eigenvalue weighted by atomic mass is 10.3. The zero-order chi connectivity index (χ0) is 14.3. The first-order valence-electron chi connectivity index (χ1n) is 7.20. The molecule has 0 aliphatic heterocycles. The van der Waals surface area contributed by atoms with Crippen LogP contribution < -0.4 is 0 Å². The maximum Gasteiger partial charge on any atom is 0.307 e. The van der Waals surface area contributed by atoms with Crippen LogP contribution in [0.3, 0.4) is 0 Å². The van der Waals surface area contributed by atoms with Crippen molar-refractivity contribution in [2.75, 3.05) is 39.8 Å². The molecule has 0 N–H and O–H groups in total. The number of amides is 1. The predicted molar refractivity (Wildman–Crippen MR) is 73.7 cm³/mol. The van der Waals surface area contributed by atoms with Crippen LogP contribution >= 0.6 is 0 Å². The standard InChI is InChI=1S/C14H26N2O3/c1-4-15(5-2)10-11-16(9-8-13(17)19-3)14(18)12-6-7-12/h12H,4-11H2,1-3H3. The molecule has 0 saturated heterocycles. The maximum atomic E-state index is 12.2. The Balaban J connectivity index is 2.43. The second kappa shape index (κ2) is 8.15. The zero-order valence-electron chi connectivity index (χ0n) is 12.4. The molecule has 1 amide bonds. The number of hydrogen-bond donors (Lipinski definition) is 0. The maximum absolute atomic E-state index is 12.2. The molecule has 0 radical (unpaired) electrons. The topological polar surface area (TPSA) is 49.9 Å². The van der Waals surface area contributed by atoms with Gasteiger partial charge in [-0.25, -0.2) is 0 Å². The first kappa shape index (κ1) is 16.0. The molecule has 1 rings (SSSR count). The van der Waals surface area contributed by atoms with Crippen LogP contribution in [0, 0.1) is 5.92 Å². The molecule has 110 valence electrons. The summed E-state index contributed by atoms with van der Waals surface area (Å²) in [6, 6.07) is 0. The van der Waals surface area contributed by atoms with Crippen LogP contribution in [-0.4, -0.2) is 61.5 Å². The van der Waals surface area contributed by atoms with E-state index in [-0.39, 0.29) is 24.2 Å². The Bertz CT molecular complexity index is 299. The Kier molecular flexibility index (Phi) is 6.84. The van der Waals surface area contributed by atoms with E-state index < -0.39 is 0 Å². The second-order valence-electron chi connectivity index (χ2n) is 4.95. The minimum absolute atomic E-state index is 0.203. The summed E-state index contributed by atoms with van der Waals surface area (Å²) in [5.74, 6) is 0.154. The largest absolute Gasteiger partial charge is 0.469 e. The summed E-state index contributed by atoms with van der Waals surface area (Å²) >= 11 is 0. The summed E-state index contributed by atoms with van der Waals surface area (Å²) in [6.45, 7) is 8.25. The summed E-state index contributed by atoms with van der Waals surface area (Å²) in [4.78, 5) is 27.5. The van der Waals surface area contributed by atoms with E-state index in [9.17, 15) is 9.59 Å². The Morgan fingerprint density at radius 1 is 1.11 bits per heavy atom. The van der Waals surface area contributed by atoms with Crippen molar-refractivity contribution in [3.63, 3.8) is 0 Å². The third-order valence-corrected chi connectivity index (χ3v) is 3.63. The van der Waals surface area contributed by atoms with Gasteiger partial charge in [-0.3, -0.25) is 9.59 Å². The first-order chi connectivity index (χ1) is 9.12. The van der Waals surface area contributed by atoms with E-state index in [1.807, 2.05) is 4.90 Å². The highest BCUT2D eigenvalue weighted by atomic mass is 16.5. The Hall–Kier alpha value is -1.10. The van der Waals surface area contributed by atoms with Gasteiger partial charge in [0.25, 0.3) is 0 Å². The highest BCUT2D eigenvalue weighted by Gasteiger charge is 2.33. The van der Waals surface area contributed by atoms with Crippen LogP contribution in [0.1, 0.15) is 33.1 Å². The smallest absolute Gasteiger partial charge is 0.307 e. The molecule has 0 spiro atoms. The summed E-state index contributed by atoms with van der Waals surface area (Å²) in [5.41, 5.74) is 0. The van der Waals surface area contributed by atoms with Gasteiger partial charge in [0.2, 0.25) is 5.91 Å². The SMILES string of the molecule is CCN(CC)CCN(CCC(=O)OC)C(=O)C1CC1. The number of methoxy groups -OCH3 is 1. The zero-order valence-corrected chi connectivity index (χ0v) is 12.4. The van der Waals surface area contributed by atoms with Crippen molar-refractivity contribution in [1.82, 2.24) is 9.80 Å². The quantitative estimate of drug-likeness (QED) is 0.589. The normalized spacial score (nSPS) is 14.5. The van der Waals surface area contributed by atoms with E-state index in [2.05, 4.69) is 23.5 Å². The van der Waals surface area contributed by atoms with E-state index in [0.29, 0.717) is 13.1 Å². The molecule has 1 saturated carbocycles. The molecule has 19 heavy (non-hydrogen) atoms. The van der Waals surface area contributed by atoms with E-state index in [0.717, 1.165) is 32.5 Å². The molecule has 1 aliphatic carbocycles. The van der Waals surface area contributed by atoms with Crippen molar-refractivity contribution in [3.05, 3.63) is 0 Å². The van der Waals surface area contributed by atoms with Gasteiger partial charge in [-0.2, -0.15) is 0 Å². The van der Waals surface area contributed by atoms with Crippen LogP contribution in [0.5, 0.6) is 0 Å². The van der Waals surface area contributed by atoms with Crippen LogP contribution in [0.2, 0.25) is 0 Å². The Labute approximate surface area is 115 Å². The second-order valence-corrected chi connectivity index (χ2v) is 4.95. The number of nitrogens with zero attached hydrogens (tertiary/aromatic N) is 2. The molecule has 0 aromatic rings. The molecule has 1 fully saturated rings. The molecule has 5 nitrogen and oxygen atoms in total. The first-order valence-corrected chi connectivity index (χ1v) is 7.20. The molecule has 5 heteroatoms. The number of carbonyl (C=O) groups is 2. The molecule has 0 bridgehead atoms. The molecule has 0 aromatic carbocycles. The van der Waals surface area contributed by atoms with E-state index in [4.69, 9.17) is 0 Å². The van der Waals surface area contributed by atoms with Gasteiger partial charge < -0.3 is 14.5 Å². The van der Waals surface area contributed by atoms with Crippen molar-refractivity contribution in [2.45, 2.75) is 33.1 Å². The lowest BCUT2D eigenvalue weighted by Crippen LogP contribution is -2.40. The van der Waals surface area contributed by atoms with Crippen LogP contribution in [0.4, 0.5) is 0 Å². The van der Waals surface area contributed by atoms with Gasteiger partial charge in [0.1, 0.15) is 0 Å². The third-order valence-electron chi connectivity index (χ3n) is 3.63. The van der Waals surface area contributed by atoms with Gasteiger partial charge in [0, 0.05) is 25.6 Å². The predicted octanol–water partition coefficient (Wildman–Crippen LogP) is 1.13. The summed E-state index contributed by atoms with van der Waals surface area (Å²) in [6.07, 6.45) is 2.28. The molecule has 0 heterocycles. The minimum atomic E-state index is -0.253. The van der Waals surface area contributed by atoms with Gasteiger partial charge in [-0.1, -0.05) is 13.8 Å². The average molecular weight is 270 g/mol. The van der Waals surface area contributed by atoms with Crippen LogP contribution in [0.15, 0.2) is 0 Å². The molecular formula is C14H26N2O3. The lowest BCUT2D eigenvalue weighted by Gasteiger charge is -2.26. The minimum Gasteiger partial charge on any atom is -0.469 e. The Morgan fingerprint density at radius 3 is 2.21 bits per heavy atom. The van der Waals surface area contributed by atoms with Gasteiger partial charge >= 0.3 is 5.97 Å². The summed E-state index contributed by atoms with van der Waals surface area (Å²) in [7, 11) is 1.38. The van der Waals surface area contributed by atoms with Crippen LogP contribution in [0.25, 0.3) is 0 Å². The fourth-order valence-corrected chi connectivity index (χ4v) is 2.05. The number of ether oxygens (including phenoxy) is 1. The Morgan fingerprint density at radius 2 is 1.74 bits per heavy atom. The van der Waals surface area contributed by atoms with Gasteiger partial charge in [-0.05, 0) is 25.9 Å². The van der Waals surface area contributed by atoms with Crippen molar-refractivity contribution in [2.24, 2.45) is 5.92 Å². The van der Waals surface area contributed by atoms with E-state index in [1.54, 1.807) is 0 Å². The van der Waals surface area contributed by atoms with E-state index in [1.165, 1.54) is 7.11 Å². The van der Waals surface area contributed by atoms with Gasteiger partial charge in [0.05, 0.1) is 13.5 Å². The van der Waals surface area contributed by atoms with Crippen molar-refractivity contribution >= 4 is 11.9 Å². The number of rotatable bonds is 9. The summed E-state index contributed by atoms with van der Waals surface area (Å²) in [5, 5.41) is 0. The number of likely N-dealkylation sites (N-methyl/N-ethyl adjacent to an activating group) is 1. The molecule has 0 atom stereocenters. The monoisotopic (exact) mass is 270 g/mol. The number of carbonyl (C=O) groups excluding carboxylic acids is 2. The van der Waals surface area contributed by atoms with Crippen molar-refractivity contribution < 1.29 is 14.3 Å². The highest BCUT2D eigenvalue weighted by molar-refractivity contribution is 5.81. The fraction of sp³-hybridized carbons (Fsp3) is 0.857. The van der Waals surface area contributed by atoms with E-state index >= 15 is 0 Å². The third kappa shape index (κ3) is 5.59. The fourth-order valence-electron chi connectivity index (χ4n) is 2.05. The number of esters is 1. The summed E-state index contributed by atoms with van der Waals surface area (Å²) < 4.78 is 4.64. The van der Waals surface area contributed by atoms with Crippen LogP contribution in [-0.2, 0) is 14.3 Å². The molecule has 0 aromatic heterocycles. The molecule has 0 unspecified atom stereocenters. The molecular weight excluding hydrogens is 244 g/mol. The van der Waals surface area contributed by atoms with Crippen molar-refractivity contribution in [1.29, 1.82) is 0 Å². The van der Waals surface area contributed by atoms with Gasteiger partial charge in [0.15, 0.2) is 0 Å². The lowest BCUT2D eigenvalue weighted by molar-refractivity contribution is -0.142. The van der Waals surface area contributed by atoms with Crippen molar-refractivity contribution in [3.8, 4) is 0 Å². The molecule has 1 aliphatic rings. The number of hydrogen-bond acceptors (Lipinski definition) is 4.